The fraction of sp³-hybridized carbons (Fsp3) is 0.308. The van der Waals surface area contributed by atoms with Gasteiger partial charge in [-0.1, -0.05) is 30.3 Å². The second-order valence-electron chi connectivity index (χ2n) is 4.25. The lowest BCUT2D eigenvalue weighted by Gasteiger charge is -2.30. The van der Waals surface area contributed by atoms with Crippen molar-refractivity contribution in [1.82, 2.24) is 10.2 Å². The van der Waals surface area contributed by atoms with Gasteiger partial charge in [-0.15, -0.1) is 0 Å². The third kappa shape index (κ3) is 2.56. The number of nitrogens with zero attached hydrogens (tertiary/aromatic N) is 1. The van der Waals surface area contributed by atoms with Crippen LogP contribution >= 0.6 is 0 Å². The van der Waals surface area contributed by atoms with Crippen LogP contribution in [0.1, 0.15) is 12.5 Å². The predicted molar refractivity (Wildman–Crippen MR) is 64.5 cm³/mol. The maximum atomic E-state index is 12.0. The molecule has 1 atom stereocenters. The highest BCUT2D eigenvalue weighted by molar-refractivity contribution is 6.04. The summed E-state index contributed by atoms with van der Waals surface area (Å²) >= 11 is 0. The summed E-state index contributed by atoms with van der Waals surface area (Å²) in [5.74, 6) is -1.04. The van der Waals surface area contributed by atoms with Gasteiger partial charge in [0.1, 0.15) is 12.6 Å². The standard InChI is InChI=1S/C13H14N2O3/c1-9(16)15-8-12(17)14-11(13(15)18)7-10-5-3-2-4-6-10/h2-6,11H,7-8H2,1H3,(H,14,17). The molecule has 94 valence electrons. The molecule has 2 rings (SSSR count). The topological polar surface area (TPSA) is 66.5 Å². The highest BCUT2D eigenvalue weighted by Crippen LogP contribution is 2.09. The van der Waals surface area contributed by atoms with Crippen LogP contribution in [-0.2, 0) is 20.8 Å². The van der Waals surface area contributed by atoms with Crippen LogP contribution in [-0.4, -0.2) is 35.2 Å². The van der Waals surface area contributed by atoms with Gasteiger partial charge in [0, 0.05) is 13.3 Å². The molecule has 1 N–H and O–H groups in total. The average molecular weight is 246 g/mol. The van der Waals surface area contributed by atoms with Crippen molar-refractivity contribution in [3.05, 3.63) is 35.9 Å². The normalized spacial score (nSPS) is 19.6. The zero-order valence-electron chi connectivity index (χ0n) is 10.1. The molecule has 0 aliphatic carbocycles. The van der Waals surface area contributed by atoms with Crippen LogP contribution in [0.5, 0.6) is 0 Å². The van der Waals surface area contributed by atoms with E-state index in [2.05, 4.69) is 5.32 Å². The first-order valence-electron chi connectivity index (χ1n) is 5.73. The molecule has 1 fully saturated rings. The predicted octanol–water partition coefficient (Wildman–Crippen LogP) is 0.103. The molecule has 1 heterocycles. The van der Waals surface area contributed by atoms with Crippen LogP contribution in [0.15, 0.2) is 30.3 Å². The molecular formula is C13H14N2O3. The molecule has 1 aromatic carbocycles. The first-order chi connectivity index (χ1) is 8.58. The van der Waals surface area contributed by atoms with Crippen LogP contribution in [0.3, 0.4) is 0 Å². The molecule has 0 aromatic heterocycles. The summed E-state index contributed by atoms with van der Waals surface area (Å²) in [6, 6.07) is 8.73. The van der Waals surface area contributed by atoms with Crippen molar-refractivity contribution >= 4 is 17.7 Å². The number of carbonyl (C=O) groups excluding carboxylic acids is 3. The molecule has 0 saturated carbocycles. The Morgan fingerprint density at radius 2 is 2.00 bits per heavy atom. The quantitative estimate of drug-likeness (QED) is 0.805. The number of amides is 3. The van der Waals surface area contributed by atoms with Gasteiger partial charge in [0.15, 0.2) is 0 Å². The van der Waals surface area contributed by atoms with E-state index >= 15 is 0 Å². The average Bonchev–Trinajstić information content (AvgIpc) is 2.34. The molecule has 1 saturated heterocycles. The van der Waals surface area contributed by atoms with Gasteiger partial charge >= 0.3 is 0 Å². The fourth-order valence-electron chi connectivity index (χ4n) is 1.97. The van der Waals surface area contributed by atoms with Crippen LogP contribution in [0.2, 0.25) is 0 Å². The molecule has 0 radical (unpaired) electrons. The molecule has 5 heteroatoms. The smallest absolute Gasteiger partial charge is 0.252 e. The minimum atomic E-state index is -0.655. The van der Waals surface area contributed by atoms with Gasteiger partial charge in [0.05, 0.1) is 0 Å². The Balaban J connectivity index is 2.14. The number of hydrogen-bond acceptors (Lipinski definition) is 3. The number of rotatable bonds is 2. The lowest BCUT2D eigenvalue weighted by molar-refractivity contribution is -0.152. The van der Waals surface area contributed by atoms with Crippen molar-refractivity contribution in [2.75, 3.05) is 6.54 Å². The number of imide groups is 1. The van der Waals surface area contributed by atoms with Crippen molar-refractivity contribution in [1.29, 1.82) is 0 Å². The maximum Gasteiger partial charge on any atom is 0.252 e. The molecular weight excluding hydrogens is 232 g/mol. The van der Waals surface area contributed by atoms with E-state index in [1.54, 1.807) is 0 Å². The Morgan fingerprint density at radius 1 is 1.33 bits per heavy atom. The molecule has 1 unspecified atom stereocenters. The summed E-state index contributed by atoms with van der Waals surface area (Å²) in [5.41, 5.74) is 0.946. The number of hydrogen-bond donors (Lipinski definition) is 1. The Labute approximate surface area is 105 Å². The third-order valence-electron chi connectivity index (χ3n) is 2.86. The Bertz CT molecular complexity index is 484. The summed E-state index contributed by atoms with van der Waals surface area (Å²) in [6.45, 7) is 1.11. The van der Waals surface area contributed by atoms with Crippen LogP contribution in [0, 0.1) is 0 Å². The minimum absolute atomic E-state index is 0.181. The van der Waals surface area contributed by atoms with Crippen molar-refractivity contribution in [3.63, 3.8) is 0 Å². The summed E-state index contributed by atoms with van der Waals surface area (Å²) < 4.78 is 0. The second kappa shape index (κ2) is 5.00. The van der Waals surface area contributed by atoms with E-state index in [0.717, 1.165) is 10.5 Å². The molecule has 0 spiro atoms. The first kappa shape index (κ1) is 12.3. The van der Waals surface area contributed by atoms with E-state index in [0.29, 0.717) is 6.42 Å². The van der Waals surface area contributed by atoms with Gasteiger partial charge in [-0.05, 0) is 5.56 Å². The van der Waals surface area contributed by atoms with E-state index in [4.69, 9.17) is 0 Å². The number of benzene rings is 1. The zero-order chi connectivity index (χ0) is 13.1. The SMILES string of the molecule is CC(=O)N1CC(=O)NC(Cc2ccccc2)C1=O. The van der Waals surface area contributed by atoms with E-state index in [1.807, 2.05) is 30.3 Å². The molecule has 18 heavy (non-hydrogen) atoms. The number of nitrogens with one attached hydrogen (secondary N) is 1. The molecule has 0 bridgehead atoms. The molecule has 5 nitrogen and oxygen atoms in total. The molecule has 3 amide bonds. The second-order valence-corrected chi connectivity index (χ2v) is 4.25. The number of carbonyl (C=O) groups is 3. The van der Waals surface area contributed by atoms with E-state index in [9.17, 15) is 14.4 Å². The molecule has 1 aliphatic heterocycles. The lowest BCUT2D eigenvalue weighted by Crippen LogP contribution is -2.59. The van der Waals surface area contributed by atoms with Crippen molar-refractivity contribution in [2.45, 2.75) is 19.4 Å². The first-order valence-corrected chi connectivity index (χ1v) is 5.73. The van der Waals surface area contributed by atoms with Crippen LogP contribution in [0.4, 0.5) is 0 Å². The zero-order valence-corrected chi connectivity index (χ0v) is 10.1. The van der Waals surface area contributed by atoms with Crippen molar-refractivity contribution in [3.8, 4) is 0 Å². The van der Waals surface area contributed by atoms with Crippen molar-refractivity contribution in [2.24, 2.45) is 0 Å². The van der Waals surface area contributed by atoms with E-state index < -0.39 is 11.9 Å². The maximum absolute atomic E-state index is 12.0. The highest BCUT2D eigenvalue weighted by Gasteiger charge is 2.34. The largest absolute Gasteiger partial charge is 0.342 e. The summed E-state index contributed by atoms with van der Waals surface area (Å²) in [4.78, 5) is 35.7. The van der Waals surface area contributed by atoms with Gasteiger partial charge in [0.2, 0.25) is 11.8 Å². The summed E-state index contributed by atoms with van der Waals surface area (Å²) in [7, 11) is 0. The van der Waals surface area contributed by atoms with Gasteiger partial charge in [0.25, 0.3) is 5.91 Å². The fourth-order valence-corrected chi connectivity index (χ4v) is 1.97. The number of piperazine rings is 1. The summed E-state index contributed by atoms with van der Waals surface area (Å²) in [6.07, 6.45) is 0.398. The third-order valence-corrected chi connectivity index (χ3v) is 2.86. The van der Waals surface area contributed by atoms with E-state index in [1.165, 1.54) is 6.92 Å². The summed E-state index contributed by atoms with van der Waals surface area (Å²) in [5, 5.41) is 2.62. The monoisotopic (exact) mass is 246 g/mol. The Kier molecular flexibility index (Phi) is 3.41. The minimum Gasteiger partial charge on any atom is -0.342 e. The van der Waals surface area contributed by atoms with Gasteiger partial charge in [-0.2, -0.15) is 0 Å². The van der Waals surface area contributed by atoms with Gasteiger partial charge in [-0.3, -0.25) is 19.3 Å². The van der Waals surface area contributed by atoms with Gasteiger partial charge in [-0.25, -0.2) is 0 Å². The lowest BCUT2D eigenvalue weighted by atomic mass is 10.0. The highest BCUT2D eigenvalue weighted by atomic mass is 16.2. The van der Waals surface area contributed by atoms with Crippen LogP contribution < -0.4 is 5.32 Å². The molecule has 1 aliphatic rings. The van der Waals surface area contributed by atoms with Gasteiger partial charge < -0.3 is 5.32 Å². The Morgan fingerprint density at radius 3 is 2.61 bits per heavy atom. The molecule has 1 aromatic rings. The Hall–Kier alpha value is -2.17. The van der Waals surface area contributed by atoms with Crippen molar-refractivity contribution < 1.29 is 14.4 Å². The van der Waals surface area contributed by atoms with E-state index in [-0.39, 0.29) is 18.4 Å². The van der Waals surface area contributed by atoms with Crippen LogP contribution in [0.25, 0.3) is 0 Å².